The van der Waals surface area contributed by atoms with E-state index >= 15 is 0 Å². The van der Waals surface area contributed by atoms with Gasteiger partial charge in [-0.25, -0.2) is 13.4 Å². The molecule has 0 aliphatic carbocycles. The summed E-state index contributed by atoms with van der Waals surface area (Å²) in [6.45, 7) is 4.58. The van der Waals surface area contributed by atoms with E-state index < -0.39 is 10.0 Å². The number of nitrogens with one attached hydrogen (secondary N) is 1. The molecule has 1 heterocycles. The molecule has 0 aromatic carbocycles. The van der Waals surface area contributed by atoms with E-state index in [9.17, 15) is 8.42 Å². The summed E-state index contributed by atoms with van der Waals surface area (Å²) < 4.78 is 25.7. The van der Waals surface area contributed by atoms with Crippen LogP contribution in [0.15, 0.2) is 17.6 Å². The lowest BCUT2D eigenvalue weighted by Crippen LogP contribution is -2.38. The summed E-state index contributed by atoms with van der Waals surface area (Å²) in [7, 11) is -3.47. The normalized spacial score (nSPS) is 12.6. The van der Waals surface area contributed by atoms with Gasteiger partial charge in [0.25, 0.3) is 10.0 Å². The number of nitrogens with two attached hydrogens (primary N) is 1. The Hall–Kier alpha value is -0.920. The van der Waals surface area contributed by atoms with Crippen molar-refractivity contribution in [1.29, 1.82) is 0 Å². The maximum absolute atomic E-state index is 12.2. The van der Waals surface area contributed by atoms with Gasteiger partial charge in [0.2, 0.25) is 0 Å². The first-order valence-corrected chi connectivity index (χ1v) is 6.64. The SMILES string of the molecule is CC(C)N(CCCN)S(=O)(=O)c1cnc[nH]1. The molecule has 0 radical (unpaired) electrons. The Balaban J connectivity index is 2.94. The van der Waals surface area contributed by atoms with Crippen LogP contribution in [0, 0.1) is 0 Å². The highest BCUT2D eigenvalue weighted by Crippen LogP contribution is 2.15. The fourth-order valence-corrected chi connectivity index (χ4v) is 2.99. The van der Waals surface area contributed by atoms with E-state index in [1.54, 1.807) is 0 Å². The first-order chi connectivity index (χ1) is 7.50. The van der Waals surface area contributed by atoms with Gasteiger partial charge in [0, 0.05) is 12.6 Å². The molecule has 7 heteroatoms. The topological polar surface area (TPSA) is 92.1 Å². The van der Waals surface area contributed by atoms with Crippen LogP contribution in [0.3, 0.4) is 0 Å². The standard InChI is InChI=1S/C9H18N4O2S/c1-8(2)13(5-3-4-10)16(14,15)9-6-11-7-12-9/h6-8H,3-5,10H2,1-2H3,(H,11,12). The van der Waals surface area contributed by atoms with Crippen molar-refractivity contribution in [3.05, 3.63) is 12.5 Å². The molecule has 0 spiro atoms. The smallest absolute Gasteiger partial charge is 0.260 e. The number of aromatic amines is 1. The van der Waals surface area contributed by atoms with Crippen molar-refractivity contribution in [3.8, 4) is 0 Å². The molecule has 0 aliphatic rings. The molecule has 0 unspecified atom stereocenters. The quantitative estimate of drug-likeness (QED) is 0.747. The Bertz CT molecular complexity index is 399. The molecule has 0 aliphatic heterocycles. The van der Waals surface area contributed by atoms with Gasteiger partial charge in [0.15, 0.2) is 5.03 Å². The highest BCUT2D eigenvalue weighted by molar-refractivity contribution is 7.89. The van der Waals surface area contributed by atoms with Crippen molar-refractivity contribution in [2.24, 2.45) is 5.73 Å². The Morgan fingerprint density at radius 3 is 2.69 bits per heavy atom. The van der Waals surface area contributed by atoms with Gasteiger partial charge < -0.3 is 10.7 Å². The van der Waals surface area contributed by atoms with Crippen molar-refractivity contribution in [2.45, 2.75) is 31.3 Å². The van der Waals surface area contributed by atoms with Gasteiger partial charge in [-0.05, 0) is 26.8 Å². The van der Waals surface area contributed by atoms with E-state index in [1.165, 1.54) is 16.8 Å². The van der Waals surface area contributed by atoms with E-state index in [1.807, 2.05) is 13.8 Å². The van der Waals surface area contributed by atoms with Crippen molar-refractivity contribution in [1.82, 2.24) is 14.3 Å². The lowest BCUT2D eigenvalue weighted by atomic mass is 10.3. The number of imidazole rings is 1. The third-order valence-electron chi connectivity index (χ3n) is 2.22. The zero-order valence-electron chi connectivity index (χ0n) is 9.55. The molecular formula is C9H18N4O2S. The zero-order valence-corrected chi connectivity index (χ0v) is 10.4. The van der Waals surface area contributed by atoms with Gasteiger partial charge in [0.1, 0.15) is 0 Å². The first kappa shape index (κ1) is 13.1. The van der Waals surface area contributed by atoms with Crippen LogP contribution >= 0.6 is 0 Å². The van der Waals surface area contributed by atoms with Gasteiger partial charge in [-0.3, -0.25) is 0 Å². The number of rotatable bonds is 6. The van der Waals surface area contributed by atoms with Gasteiger partial charge in [0.05, 0.1) is 12.5 Å². The van der Waals surface area contributed by atoms with Crippen LogP contribution in [0.4, 0.5) is 0 Å². The minimum Gasteiger partial charge on any atom is -0.335 e. The highest BCUT2D eigenvalue weighted by Gasteiger charge is 2.27. The monoisotopic (exact) mass is 246 g/mol. The first-order valence-electron chi connectivity index (χ1n) is 5.20. The number of hydrogen-bond donors (Lipinski definition) is 2. The molecule has 1 aromatic heterocycles. The van der Waals surface area contributed by atoms with Crippen LogP contribution < -0.4 is 5.73 Å². The third-order valence-corrected chi connectivity index (χ3v) is 4.22. The number of sulfonamides is 1. The molecule has 16 heavy (non-hydrogen) atoms. The molecule has 0 saturated heterocycles. The predicted molar refractivity (Wildman–Crippen MR) is 61.3 cm³/mol. The lowest BCUT2D eigenvalue weighted by Gasteiger charge is -2.24. The van der Waals surface area contributed by atoms with Crippen LogP contribution in [0.25, 0.3) is 0 Å². The van der Waals surface area contributed by atoms with E-state index in [4.69, 9.17) is 5.73 Å². The minimum atomic E-state index is -3.47. The second-order valence-electron chi connectivity index (χ2n) is 3.77. The number of hydrogen-bond acceptors (Lipinski definition) is 4. The van der Waals surface area contributed by atoms with Crippen LogP contribution in [-0.4, -0.2) is 41.8 Å². The molecule has 6 nitrogen and oxygen atoms in total. The molecule has 0 amide bonds. The minimum absolute atomic E-state index is 0.0974. The Morgan fingerprint density at radius 2 is 2.25 bits per heavy atom. The average Bonchev–Trinajstić information content (AvgIpc) is 2.70. The molecule has 92 valence electrons. The molecule has 0 bridgehead atoms. The summed E-state index contributed by atoms with van der Waals surface area (Å²) in [5, 5.41) is 0.123. The van der Waals surface area contributed by atoms with Crippen LogP contribution in [0.2, 0.25) is 0 Å². The van der Waals surface area contributed by atoms with Gasteiger partial charge in [-0.2, -0.15) is 4.31 Å². The van der Waals surface area contributed by atoms with Crippen molar-refractivity contribution in [3.63, 3.8) is 0 Å². The number of nitrogens with zero attached hydrogens (tertiary/aromatic N) is 2. The summed E-state index contributed by atoms with van der Waals surface area (Å²) in [5.41, 5.74) is 5.40. The van der Waals surface area contributed by atoms with E-state index in [-0.39, 0.29) is 11.1 Å². The van der Waals surface area contributed by atoms with Crippen LogP contribution in [-0.2, 0) is 10.0 Å². The summed E-state index contributed by atoms with van der Waals surface area (Å²) in [6.07, 6.45) is 3.31. The number of H-pyrrole nitrogens is 1. The zero-order chi connectivity index (χ0) is 12.2. The third kappa shape index (κ3) is 2.81. The summed E-state index contributed by atoms with van der Waals surface area (Å²) in [4.78, 5) is 6.34. The largest absolute Gasteiger partial charge is 0.335 e. The van der Waals surface area contributed by atoms with Gasteiger partial charge in [-0.15, -0.1) is 0 Å². The molecule has 1 aromatic rings. The van der Waals surface area contributed by atoms with Crippen molar-refractivity contribution >= 4 is 10.0 Å². The Labute approximate surface area is 95.9 Å². The maximum atomic E-state index is 12.2. The van der Waals surface area contributed by atoms with Crippen molar-refractivity contribution in [2.75, 3.05) is 13.1 Å². The Kier molecular flexibility index (Phi) is 4.45. The lowest BCUT2D eigenvalue weighted by molar-refractivity contribution is 0.350. The van der Waals surface area contributed by atoms with Crippen LogP contribution in [0.5, 0.6) is 0 Å². The van der Waals surface area contributed by atoms with Gasteiger partial charge >= 0.3 is 0 Å². The summed E-state index contributed by atoms with van der Waals surface area (Å²) in [5.74, 6) is 0. The van der Waals surface area contributed by atoms with E-state index in [0.29, 0.717) is 19.5 Å². The van der Waals surface area contributed by atoms with E-state index in [0.717, 1.165) is 0 Å². The summed E-state index contributed by atoms with van der Waals surface area (Å²) in [6, 6.07) is -0.0974. The van der Waals surface area contributed by atoms with Crippen LogP contribution in [0.1, 0.15) is 20.3 Å². The van der Waals surface area contributed by atoms with E-state index in [2.05, 4.69) is 9.97 Å². The highest BCUT2D eigenvalue weighted by atomic mass is 32.2. The molecule has 3 N–H and O–H groups in total. The fourth-order valence-electron chi connectivity index (χ4n) is 1.41. The maximum Gasteiger partial charge on any atom is 0.260 e. The summed E-state index contributed by atoms with van der Waals surface area (Å²) >= 11 is 0. The molecule has 1 rings (SSSR count). The molecule has 0 atom stereocenters. The average molecular weight is 246 g/mol. The second kappa shape index (κ2) is 5.42. The molecule has 0 fully saturated rings. The molecule has 0 saturated carbocycles. The second-order valence-corrected chi connectivity index (χ2v) is 5.63. The Morgan fingerprint density at radius 1 is 1.56 bits per heavy atom. The predicted octanol–water partition coefficient (Wildman–Crippen LogP) is 0.158. The molecular weight excluding hydrogens is 228 g/mol. The fraction of sp³-hybridized carbons (Fsp3) is 0.667. The van der Waals surface area contributed by atoms with Crippen molar-refractivity contribution < 1.29 is 8.42 Å². The van der Waals surface area contributed by atoms with Gasteiger partial charge in [-0.1, -0.05) is 0 Å². The number of aromatic nitrogens is 2.